The van der Waals surface area contributed by atoms with E-state index in [-0.39, 0.29) is 0 Å². The van der Waals surface area contributed by atoms with Gasteiger partial charge in [-0.05, 0) is 6.42 Å². The lowest BCUT2D eigenvalue weighted by Gasteiger charge is -1.98. The molecule has 0 spiro atoms. The van der Waals surface area contributed by atoms with Gasteiger partial charge in [-0.1, -0.05) is 26.2 Å². The summed E-state index contributed by atoms with van der Waals surface area (Å²) >= 11 is 0. The zero-order valence-corrected chi connectivity index (χ0v) is 6.02. The van der Waals surface area contributed by atoms with Crippen LogP contribution < -0.4 is 11.4 Å². The van der Waals surface area contributed by atoms with Gasteiger partial charge in [-0.25, -0.2) is 5.84 Å². The van der Waals surface area contributed by atoms with Gasteiger partial charge in [0.25, 0.3) is 0 Å². The first kappa shape index (κ1) is 8.88. The smallest absolute Gasteiger partial charge is 0.0698 e. The summed E-state index contributed by atoms with van der Waals surface area (Å²) in [5, 5.41) is 0. The Bertz CT molecular complexity index is 44.3. The average Bonchev–Trinajstić information content (AvgIpc) is 1.89. The second-order valence-corrected chi connectivity index (χ2v) is 2.03. The van der Waals surface area contributed by atoms with Crippen LogP contribution in [0.15, 0.2) is 0 Å². The fourth-order valence-corrected chi connectivity index (χ4v) is 0.660. The van der Waals surface area contributed by atoms with Crippen molar-refractivity contribution in [1.82, 2.24) is 5.59 Å². The number of nitrogens with two attached hydrogens (primary N) is 1. The molecule has 0 aliphatic rings. The Morgan fingerprint density at radius 3 is 2.67 bits per heavy atom. The molecule has 3 heteroatoms. The lowest BCUT2D eigenvalue weighted by atomic mass is 10.2. The standard InChI is InChI=1S/C6H16N2O/c1-2-3-4-5-6-9-8-7/h8H,2-7H2,1H3. The molecule has 3 nitrogen and oxygen atoms in total. The molecule has 0 rings (SSSR count). The van der Waals surface area contributed by atoms with Crippen LogP contribution in [-0.4, -0.2) is 6.61 Å². The third-order valence-electron chi connectivity index (χ3n) is 1.18. The average molecular weight is 132 g/mol. The fraction of sp³-hybridized carbons (Fsp3) is 1.00. The van der Waals surface area contributed by atoms with Gasteiger partial charge in [0.2, 0.25) is 0 Å². The zero-order chi connectivity index (χ0) is 6.95. The summed E-state index contributed by atoms with van der Waals surface area (Å²) in [6, 6.07) is 0. The first-order valence-corrected chi connectivity index (χ1v) is 3.49. The third-order valence-corrected chi connectivity index (χ3v) is 1.18. The Hall–Kier alpha value is -0.120. The van der Waals surface area contributed by atoms with Crippen LogP contribution in [0.2, 0.25) is 0 Å². The molecular formula is C6H16N2O. The van der Waals surface area contributed by atoms with Gasteiger partial charge >= 0.3 is 0 Å². The van der Waals surface area contributed by atoms with Crippen LogP contribution in [0.5, 0.6) is 0 Å². The summed E-state index contributed by atoms with van der Waals surface area (Å²) in [7, 11) is 0. The van der Waals surface area contributed by atoms with Crippen molar-refractivity contribution >= 4 is 0 Å². The Morgan fingerprint density at radius 1 is 1.33 bits per heavy atom. The molecule has 0 unspecified atom stereocenters. The molecule has 0 aliphatic carbocycles. The molecular weight excluding hydrogens is 116 g/mol. The van der Waals surface area contributed by atoms with Crippen molar-refractivity contribution in [2.45, 2.75) is 32.6 Å². The van der Waals surface area contributed by atoms with Crippen molar-refractivity contribution in [2.24, 2.45) is 5.84 Å². The molecule has 0 fully saturated rings. The van der Waals surface area contributed by atoms with E-state index in [1.54, 1.807) is 0 Å². The zero-order valence-electron chi connectivity index (χ0n) is 6.02. The van der Waals surface area contributed by atoms with Gasteiger partial charge in [0, 0.05) is 0 Å². The van der Waals surface area contributed by atoms with E-state index in [1.807, 2.05) is 0 Å². The lowest BCUT2D eigenvalue weighted by Crippen LogP contribution is -2.22. The van der Waals surface area contributed by atoms with Gasteiger partial charge in [0.1, 0.15) is 0 Å². The topological polar surface area (TPSA) is 47.3 Å². The molecule has 0 aromatic rings. The Labute approximate surface area is 56.5 Å². The highest BCUT2D eigenvalue weighted by atomic mass is 16.7. The molecule has 56 valence electrons. The molecule has 0 heterocycles. The van der Waals surface area contributed by atoms with Crippen molar-refractivity contribution < 1.29 is 4.84 Å². The minimum absolute atomic E-state index is 0.719. The molecule has 0 saturated heterocycles. The number of unbranched alkanes of at least 4 members (excludes halogenated alkanes) is 3. The van der Waals surface area contributed by atoms with Gasteiger partial charge in [0.15, 0.2) is 0 Å². The monoisotopic (exact) mass is 132 g/mol. The SMILES string of the molecule is CCCCCCONN. The number of rotatable bonds is 6. The third kappa shape index (κ3) is 7.88. The Kier molecular flexibility index (Phi) is 7.77. The molecule has 0 radical (unpaired) electrons. The molecule has 0 bridgehead atoms. The van der Waals surface area contributed by atoms with Crippen LogP contribution in [-0.2, 0) is 4.84 Å². The van der Waals surface area contributed by atoms with Crippen LogP contribution in [0.25, 0.3) is 0 Å². The second kappa shape index (κ2) is 7.88. The molecule has 0 saturated carbocycles. The molecule has 0 amide bonds. The van der Waals surface area contributed by atoms with E-state index in [2.05, 4.69) is 12.5 Å². The van der Waals surface area contributed by atoms with E-state index in [9.17, 15) is 0 Å². The van der Waals surface area contributed by atoms with E-state index < -0.39 is 0 Å². The van der Waals surface area contributed by atoms with Gasteiger partial charge in [0.05, 0.1) is 6.61 Å². The Morgan fingerprint density at radius 2 is 2.11 bits per heavy atom. The minimum atomic E-state index is 0.719. The van der Waals surface area contributed by atoms with E-state index in [4.69, 9.17) is 10.7 Å². The van der Waals surface area contributed by atoms with E-state index in [0.29, 0.717) is 0 Å². The predicted octanol–water partition coefficient (Wildman–Crippen LogP) is 0.962. The van der Waals surface area contributed by atoms with Crippen molar-refractivity contribution in [2.75, 3.05) is 6.61 Å². The predicted molar refractivity (Wildman–Crippen MR) is 37.4 cm³/mol. The van der Waals surface area contributed by atoms with Crippen molar-refractivity contribution in [3.63, 3.8) is 0 Å². The van der Waals surface area contributed by atoms with Crippen LogP contribution >= 0.6 is 0 Å². The van der Waals surface area contributed by atoms with Crippen molar-refractivity contribution in [1.29, 1.82) is 0 Å². The first-order valence-electron chi connectivity index (χ1n) is 3.49. The molecule has 0 aromatic carbocycles. The molecule has 0 aliphatic heterocycles. The van der Waals surface area contributed by atoms with Gasteiger partial charge in [-0.2, -0.15) is 0 Å². The highest BCUT2D eigenvalue weighted by Gasteiger charge is 1.85. The highest BCUT2D eigenvalue weighted by molar-refractivity contribution is 4.37. The van der Waals surface area contributed by atoms with E-state index in [1.165, 1.54) is 19.3 Å². The number of hydrogen-bond acceptors (Lipinski definition) is 3. The van der Waals surface area contributed by atoms with Crippen LogP contribution in [0.1, 0.15) is 32.6 Å². The number of hydrazine groups is 1. The largest absolute Gasteiger partial charge is 0.287 e. The Balaban J connectivity index is 2.60. The van der Waals surface area contributed by atoms with Gasteiger partial charge < -0.3 is 0 Å². The maximum absolute atomic E-state index is 4.87. The highest BCUT2D eigenvalue weighted by Crippen LogP contribution is 1.97. The van der Waals surface area contributed by atoms with E-state index >= 15 is 0 Å². The van der Waals surface area contributed by atoms with Crippen molar-refractivity contribution in [3.8, 4) is 0 Å². The summed E-state index contributed by atoms with van der Waals surface area (Å²) < 4.78 is 0. The maximum atomic E-state index is 4.87. The van der Waals surface area contributed by atoms with Gasteiger partial charge in [-0.15, -0.1) is 5.59 Å². The quantitative estimate of drug-likeness (QED) is 0.321. The summed E-state index contributed by atoms with van der Waals surface area (Å²) in [5.41, 5.74) is 2.14. The normalized spacial score (nSPS) is 10.0. The number of hydrogen-bond donors (Lipinski definition) is 2. The molecule has 9 heavy (non-hydrogen) atoms. The minimum Gasteiger partial charge on any atom is -0.287 e. The molecule has 0 aromatic heterocycles. The van der Waals surface area contributed by atoms with Gasteiger partial charge in [-0.3, -0.25) is 4.84 Å². The fourth-order valence-electron chi connectivity index (χ4n) is 0.660. The number of nitrogens with one attached hydrogen (secondary N) is 1. The summed E-state index contributed by atoms with van der Waals surface area (Å²) in [4.78, 5) is 4.71. The summed E-state index contributed by atoms with van der Waals surface area (Å²) in [6.45, 7) is 2.90. The summed E-state index contributed by atoms with van der Waals surface area (Å²) in [6.07, 6.45) is 4.88. The second-order valence-electron chi connectivity index (χ2n) is 2.03. The molecule has 3 N–H and O–H groups in total. The van der Waals surface area contributed by atoms with E-state index in [0.717, 1.165) is 13.0 Å². The van der Waals surface area contributed by atoms with Crippen LogP contribution in [0, 0.1) is 0 Å². The first-order chi connectivity index (χ1) is 4.41. The molecule has 0 atom stereocenters. The van der Waals surface area contributed by atoms with Crippen molar-refractivity contribution in [3.05, 3.63) is 0 Å². The van der Waals surface area contributed by atoms with Crippen LogP contribution in [0.3, 0.4) is 0 Å². The van der Waals surface area contributed by atoms with Crippen LogP contribution in [0.4, 0.5) is 0 Å². The maximum Gasteiger partial charge on any atom is 0.0698 e. The summed E-state index contributed by atoms with van der Waals surface area (Å²) in [5.74, 6) is 4.87. The lowest BCUT2D eigenvalue weighted by molar-refractivity contribution is 0.0386.